The normalized spacial score (nSPS) is 10.8. The minimum absolute atomic E-state index is 0.0270. The van der Waals surface area contributed by atoms with E-state index in [1.807, 2.05) is 17.8 Å². The molecule has 0 saturated heterocycles. The summed E-state index contributed by atoms with van der Waals surface area (Å²) >= 11 is 5.39. The number of benzene rings is 1. The summed E-state index contributed by atoms with van der Waals surface area (Å²) in [5.41, 5.74) is 1.94. The average Bonchev–Trinajstić information content (AvgIpc) is 2.66. The first-order valence-corrected chi connectivity index (χ1v) is 6.21. The molecule has 0 aliphatic carbocycles. The highest BCUT2D eigenvalue weighted by atomic mass is 35.5. The number of nitrogens with one attached hydrogen (secondary N) is 1. The summed E-state index contributed by atoms with van der Waals surface area (Å²) in [4.78, 5) is 11.0. The van der Waals surface area contributed by atoms with Crippen molar-refractivity contribution in [2.24, 2.45) is 7.05 Å². The number of halogens is 2. The molecule has 1 aromatic heterocycles. The molecule has 2 aromatic rings. The topological polar surface area (TPSA) is 34.0 Å². The summed E-state index contributed by atoms with van der Waals surface area (Å²) in [5.74, 6) is -0.450. The maximum Gasteiger partial charge on any atom is 0.234 e. The monoisotopic (exact) mass is 268 g/mol. The van der Waals surface area contributed by atoms with E-state index < -0.39 is 0 Å². The number of amides is 1. The van der Waals surface area contributed by atoms with Gasteiger partial charge in [-0.25, -0.2) is 4.39 Å². The van der Waals surface area contributed by atoms with E-state index in [0.717, 1.165) is 16.5 Å². The predicted octanol–water partition coefficient (Wildman–Crippen LogP) is 2.21. The molecule has 0 atom stereocenters. The van der Waals surface area contributed by atoms with E-state index in [0.29, 0.717) is 13.0 Å². The van der Waals surface area contributed by atoms with Crippen molar-refractivity contribution in [2.75, 3.05) is 12.4 Å². The third kappa shape index (κ3) is 2.64. The Morgan fingerprint density at radius 3 is 3.00 bits per heavy atom. The van der Waals surface area contributed by atoms with Crippen molar-refractivity contribution in [3.05, 3.63) is 35.8 Å². The van der Waals surface area contributed by atoms with E-state index >= 15 is 0 Å². The number of hydrogen-bond acceptors (Lipinski definition) is 1. The zero-order valence-electron chi connectivity index (χ0n) is 10.0. The molecule has 0 unspecified atom stereocenters. The van der Waals surface area contributed by atoms with Gasteiger partial charge in [-0.2, -0.15) is 0 Å². The van der Waals surface area contributed by atoms with Crippen LogP contribution in [0.4, 0.5) is 4.39 Å². The molecule has 1 aromatic carbocycles. The van der Waals surface area contributed by atoms with Gasteiger partial charge in [0.2, 0.25) is 5.91 Å². The number of alkyl halides is 1. The Hall–Kier alpha value is -1.55. The second kappa shape index (κ2) is 5.40. The van der Waals surface area contributed by atoms with Gasteiger partial charge in [0.1, 0.15) is 11.7 Å². The molecule has 2 rings (SSSR count). The minimum atomic E-state index is -0.245. The lowest BCUT2D eigenvalue weighted by Gasteiger charge is -2.02. The maximum absolute atomic E-state index is 13.1. The number of aromatic nitrogens is 1. The highest BCUT2D eigenvalue weighted by Crippen LogP contribution is 2.21. The Kier molecular flexibility index (Phi) is 3.87. The van der Waals surface area contributed by atoms with Crippen LogP contribution in [0.3, 0.4) is 0 Å². The minimum Gasteiger partial charge on any atom is -0.355 e. The summed E-state index contributed by atoms with van der Waals surface area (Å²) in [6.45, 7) is 0.530. The molecule has 1 N–H and O–H groups in total. The lowest BCUT2D eigenvalue weighted by Crippen LogP contribution is -2.26. The van der Waals surface area contributed by atoms with Crippen LogP contribution in [-0.4, -0.2) is 22.9 Å². The maximum atomic E-state index is 13.1. The summed E-state index contributed by atoms with van der Waals surface area (Å²) in [6, 6.07) is 4.72. The van der Waals surface area contributed by atoms with Gasteiger partial charge >= 0.3 is 0 Å². The fourth-order valence-corrected chi connectivity index (χ4v) is 2.12. The molecule has 0 spiro atoms. The second-order valence-corrected chi connectivity index (χ2v) is 4.43. The van der Waals surface area contributed by atoms with Crippen molar-refractivity contribution in [1.29, 1.82) is 0 Å². The van der Waals surface area contributed by atoms with Gasteiger partial charge in [-0.05, 0) is 30.2 Å². The molecule has 5 heteroatoms. The summed E-state index contributed by atoms with van der Waals surface area (Å²) < 4.78 is 15.0. The zero-order valence-corrected chi connectivity index (χ0v) is 10.8. The Morgan fingerprint density at radius 2 is 2.28 bits per heavy atom. The smallest absolute Gasteiger partial charge is 0.234 e. The molecule has 0 aliphatic heterocycles. The molecular formula is C13H14ClFN2O. The van der Waals surface area contributed by atoms with Gasteiger partial charge in [0.15, 0.2) is 0 Å². The lowest BCUT2D eigenvalue weighted by atomic mass is 10.1. The predicted molar refractivity (Wildman–Crippen MR) is 70.3 cm³/mol. The van der Waals surface area contributed by atoms with Gasteiger partial charge in [-0.1, -0.05) is 0 Å². The zero-order chi connectivity index (χ0) is 13.1. The molecule has 1 amide bonds. The SMILES string of the molecule is Cn1cc(CCNC(=O)CCl)c2ccc(F)cc21. The van der Waals surface area contributed by atoms with Crippen molar-refractivity contribution < 1.29 is 9.18 Å². The van der Waals surface area contributed by atoms with E-state index in [2.05, 4.69) is 5.32 Å². The van der Waals surface area contributed by atoms with Crippen LogP contribution in [0.25, 0.3) is 10.9 Å². The third-order valence-electron chi connectivity index (χ3n) is 2.87. The molecule has 0 fully saturated rings. The van der Waals surface area contributed by atoms with Gasteiger partial charge in [0.25, 0.3) is 0 Å². The molecule has 0 bridgehead atoms. The van der Waals surface area contributed by atoms with E-state index in [1.54, 1.807) is 6.07 Å². The quantitative estimate of drug-likeness (QED) is 0.848. The van der Waals surface area contributed by atoms with Crippen molar-refractivity contribution in [3.63, 3.8) is 0 Å². The van der Waals surface area contributed by atoms with Gasteiger partial charge in [0.05, 0.1) is 5.52 Å². The Balaban J connectivity index is 2.16. The summed E-state index contributed by atoms with van der Waals surface area (Å²) in [5, 5.41) is 3.72. The van der Waals surface area contributed by atoms with Crippen LogP contribution in [0.5, 0.6) is 0 Å². The Bertz CT molecular complexity index is 580. The van der Waals surface area contributed by atoms with E-state index in [9.17, 15) is 9.18 Å². The van der Waals surface area contributed by atoms with Crippen LogP contribution in [0.15, 0.2) is 24.4 Å². The van der Waals surface area contributed by atoms with E-state index in [1.165, 1.54) is 12.1 Å². The average molecular weight is 269 g/mol. The number of rotatable bonds is 4. The van der Waals surface area contributed by atoms with Gasteiger partial charge in [0, 0.05) is 25.2 Å². The van der Waals surface area contributed by atoms with E-state index in [4.69, 9.17) is 11.6 Å². The number of fused-ring (bicyclic) bond motifs is 1. The van der Waals surface area contributed by atoms with E-state index in [-0.39, 0.29) is 17.6 Å². The van der Waals surface area contributed by atoms with Gasteiger partial charge in [-0.15, -0.1) is 11.6 Å². The summed E-state index contributed by atoms with van der Waals surface area (Å²) in [7, 11) is 1.88. The fourth-order valence-electron chi connectivity index (χ4n) is 2.02. The fraction of sp³-hybridized carbons (Fsp3) is 0.308. The Morgan fingerprint density at radius 1 is 1.50 bits per heavy atom. The summed E-state index contributed by atoms with van der Waals surface area (Å²) in [6.07, 6.45) is 2.66. The first kappa shape index (κ1) is 12.9. The highest BCUT2D eigenvalue weighted by Gasteiger charge is 2.07. The molecule has 18 heavy (non-hydrogen) atoms. The van der Waals surface area contributed by atoms with Crippen molar-refractivity contribution >= 4 is 28.4 Å². The highest BCUT2D eigenvalue weighted by molar-refractivity contribution is 6.27. The molecule has 96 valence electrons. The largest absolute Gasteiger partial charge is 0.355 e. The molecule has 3 nitrogen and oxygen atoms in total. The number of carbonyl (C=O) groups is 1. The first-order chi connectivity index (χ1) is 8.61. The number of hydrogen-bond donors (Lipinski definition) is 1. The van der Waals surface area contributed by atoms with Crippen molar-refractivity contribution in [3.8, 4) is 0 Å². The van der Waals surface area contributed by atoms with Gasteiger partial charge < -0.3 is 9.88 Å². The molecule has 0 radical (unpaired) electrons. The van der Waals surface area contributed by atoms with Crippen LogP contribution in [0, 0.1) is 5.82 Å². The van der Waals surface area contributed by atoms with Crippen LogP contribution in [0.2, 0.25) is 0 Å². The molecule has 1 heterocycles. The van der Waals surface area contributed by atoms with Crippen molar-refractivity contribution in [1.82, 2.24) is 9.88 Å². The standard InChI is InChI=1S/C13H14ClFN2O/c1-17-8-9(4-5-16-13(18)7-14)11-3-2-10(15)6-12(11)17/h2-3,6,8H,4-5,7H2,1H3,(H,16,18). The Labute approximate surface area is 110 Å². The third-order valence-corrected chi connectivity index (χ3v) is 3.12. The van der Waals surface area contributed by atoms with Gasteiger partial charge in [-0.3, -0.25) is 4.79 Å². The van der Waals surface area contributed by atoms with Crippen LogP contribution in [0.1, 0.15) is 5.56 Å². The van der Waals surface area contributed by atoms with Crippen LogP contribution < -0.4 is 5.32 Å². The second-order valence-electron chi connectivity index (χ2n) is 4.16. The molecular weight excluding hydrogens is 255 g/mol. The number of nitrogens with zero attached hydrogens (tertiary/aromatic N) is 1. The van der Waals surface area contributed by atoms with Crippen molar-refractivity contribution in [2.45, 2.75) is 6.42 Å². The number of aryl methyl sites for hydroxylation is 1. The number of carbonyl (C=O) groups excluding carboxylic acids is 1. The van der Waals surface area contributed by atoms with Crippen LogP contribution >= 0.6 is 11.6 Å². The first-order valence-electron chi connectivity index (χ1n) is 5.68. The molecule has 0 aliphatic rings. The lowest BCUT2D eigenvalue weighted by molar-refractivity contribution is -0.118. The van der Waals surface area contributed by atoms with Crippen LogP contribution in [-0.2, 0) is 18.3 Å². The molecule has 0 saturated carbocycles.